The number of aromatic amines is 1. The van der Waals surface area contributed by atoms with Crippen LogP contribution in [0.25, 0.3) is 0 Å². The zero-order chi connectivity index (χ0) is 16.2. The quantitative estimate of drug-likeness (QED) is 0.810. The number of likely N-dealkylation sites (N-methyl/N-ethyl adjacent to an activating group) is 2. The number of sulfonamides is 1. The predicted octanol–water partition coefficient (Wildman–Crippen LogP) is 0.906. The van der Waals surface area contributed by atoms with Gasteiger partial charge in [-0.05, 0) is 20.3 Å². The lowest BCUT2D eigenvalue weighted by Crippen LogP contribution is -2.39. The Morgan fingerprint density at radius 1 is 1.29 bits per heavy atom. The van der Waals surface area contributed by atoms with E-state index in [0.29, 0.717) is 17.9 Å². The minimum absolute atomic E-state index is 0.147. The Kier molecular flexibility index (Phi) is 5.91. The summed E-state index contributed by atoms with van der Waals surface area (Å²) in [7, 11) is -0.617. The van der Waals surface area contributed by atoms with Gasteiger partial charge in [0.05, 0.1) is 17.9 Å². The molecule has 1 amide bonds. The van der Waals surface area contributed by atoms with Crippen LogP contribution < -0.4 is 0 Å². The monoisotopic (exact) mass is 316 g/mol. The predicted molar refractivity (Wildman–Crippen MR) is 80.4 cm³/mol. The summed E-state index contributed by atoms with van der Waals surface area (Å²) in [5.74, 6) is -0.215. The van der Waals surface area contributed by atoms with Crippen LogP contribution in [0.1, 0.15) is 31.2 Å². The van der Waals surface area contributed by atoms with Gasteiger partial charge in [-0.15, -0.1) is 0 Å². The third kappa shape index (κ3) is 4.04. The van der Waals surface area contributed by atoms with Crippen LogP contribution in [0.2, 0.25) is 0 Å². The van der Waals surface area contributed by atoms with Crippen LogP contribution in [0.3, 0.4) is 0 Å². The Hall–Kier alpha value is -1.41. The van der Waals surface area contributed by atoms with Crippen molar-refractivity contribution in [1.29, 1.82) is 0 Å². The maximum atomic E-state index is 12.5. The number of aromatic nitrogens is 2. The number of hydrogen-bond donors (Lipinski definition) is 1. The molecule has 0 aliphatic heterocycles. The van der Waals surface area contributed by atoms with E-state index >= 15 is 0 Å². The first-order chi connectivity index (χ1) is 9.71. The highest BCUT2D eigenvalue weighted by Gasteiger charge is 2.28. The molecule has 0 fully saturated rings. The Bertz CT molecular complexity index is 575. The molecule has 0 bridgehead atoms. The molecule has 1 aromatic heterocycles. The zero-order valence-corrected chi connectivity index (χ0v) is 14.1. The van der Waals surface area contributed by atoms with Crippen molar-refractivity contribution in [3.63, 3.8) is 0 Å². The smallest absolute Gasteiger partial charge is 0.246 e. The molecule has 120 valence electrons. The fourth-order valence-corrected chi connectivity index (χ4v) is 3.44. The number of unbranched alkanes of at least 4 members (excludes halogenated alkanes) is 1. The minimum Gasteiger partial charge on any atom is -0.345 e. The van der Waals surface area contributed by atoms with E-state index in [1.54, 1.807) is 25.8 Å². The van der Waals surface area contributed by atoms with Gasteiger partial charge in [-0.3, -0.25) is 9.89 Å². The molecule has 0 aromatic carbocycles. The molecule has 0 saturated heterocycles. The van der Waals surface area contributed by atoms with Gasteiger partial charge in [-0.2, -0.15) is 9.40 Å². The fraction of sp³-hybridized carbons (Fsp3) is 0.692. The molecule has 0 unspecified atom stereocenters. The average Bonchev–Trinajstić information content (AvgIpc) is 2.75. The highest BCUT2D eigenvalue weighted by atomic mass is 32.2. The minimum atomic E-state index is -3.71. The first kappa shape index (κ1) is 17.6. The van der Waals surface area contributed by atoms with Gasteiger partial charge in [0.2, 0.25) is 15.9 Å². The fourth-order valence-electron chi connectivity index (χ4n) is 1.99. The normalized spacial score (nSPS) is 11.9. The van der Waals surface area contributed by atoms with Crippen molar-refractivity contribution in [2.24, 2.45) is 0 Å². The van der Waals surface area contributed by atoms with Crippen molar-refractivity contribution in [2.45, 2.75) is 38.5 Å². The molecule has 1 N–H and O–H groups in total. The Morgan fingerprint density at radius 2 is 1.90 bits per heavy atom. The molecular formula is C13H24N4O3S. The third-order valence-corrected chi connectivity index (χ3v) is 5.43. The van der Waals surface area contributed by atoms with E-state index in [1.165, 1.54) is 7.05 Å². The SMILES string of the molecule is CCCCN(C)C(=O)CN(C)S(=O)(=O)c1c(C)n[nH]c1C. The van der Waals surface area contributed by atoms with E-state index in [-0.39, 0.29) is 17.3 Å². The van der Waals surface area contributed by atoms with E-state index in [4.69, 9.17) is 0 Å². The second-order valence-corrected chi connectivity index (χ2v) is 7.17. The lowest BCUT2D eigenvalue weighted by molar-refractivity contribution is -0.129. The van der Waals surface area contributed by atoms with Gasteiger partial charge in [0, 0.05) is 20.6 Å². The van der Waals surface area contributed by atoms with Crippen LogP contribution in [0.5, 0.6) is 0 Å². The molecule has 7 nitrogen and oxygen atoms in total. The van der Waals surface area contributed by atoms with Crippen LogP contribution in [0.15, 0.2) is 4.90 Å². The van der Waals surface area contributed by atoms with Crippen molar-refractivity contribution in [2.75, 3.05) is 27.2 Å². The number of carbonyl (C=O) groups excluding carboxylic acids is 1. The molecule has 21 heavy (non-hydrogen) atoms. The number of nitrogens with zero attached hydrogens (tertiary/aromatic N) is 3. The summed E-state index contributed by atoms with van der Waals surface area (Å²) >= 11 is 0. The van der Waals surface area contributed by atoms with Crippen molar-refractivity contribution in [3.8, 4) is 0 Å². The molecule has 1 heterocycles. The average molecular weight is 316 g/mol. The molecule has 1 rings (SSSR count). The van der Waals surface area contributed by atoms with Gasteiger partial charge in [0.25, 0.3) is 0 Å². The molecule has 0 aliphatic rings. The summed E-state index contributed by atoms with van der Waals surface area (Å²) in [6.45, 7) is 5.77. The zero-order valence-electron chi connectivity index (χ0n) is 13.3. The van der Waals surface area contributed by atoms with Gasteiger partial charge in [-0.1, -0.05) is 13.3 Å². The Morgan fingerprint density at radius 3 is 2.38 bits per heavy atom. The molecule has 1 aromatic rings. The van der Waals surface area contributed by atoms with Gasteiger partial charge < -0.3 is 4.90 Å². The summed E-state index contributed by atoms with van der Waals surface area (Å²) in [6.07, 6.45) is 1.89. The lowest BCUT2D eigenvalue weighted by Gasteiger charge is -2.21. The highest BCUT2D eigenvalue weighted by molar-refractivity contribution is 7.89. The summed E-state index contributed by atoms with van der Waals surface area (Å²) in [5.41, 5.74) is 0.886. The number of rotatable bonds is 7. The summed E-state index contributed by atoms with van der Waals surface area (Å²) in [4.78, 5) is 13.7. The van der Waals surface area contributed by atoms with Gasteiger partial charge in [-0.25, -0.2) is 8.42 Å². The standard InChI is InChI=1S/C13H24N4O3S/c1-6-7-8-16(4)12(18)9-17(5)21(19,20)13-10(2)14-15-11(13)3/h6-9H2,1-5H3,(H,14,15). The van der Waals surface area contributed by atoms with Crippen LogP contribution >= 0.6 is 0 Å². The van der Waals surface area contributed by atoms with E-state index in [9.17, 15) is 13.2 Å². The van der Waals surface area contributed by atoms with Crippen LogP contribution in [0.4, 0.5) is 0 Å². The molecule has 0 atom stereocenters. The van der Waals surface area contributed by atoms with Crippen LogP contribution in [-0.2, 0) is 14.8 Å². The maximum absolute atomic E-state index is 12.5. The molecule has 8 heteroatoms. The Balaban J connectivity index is 2.84. The van der Waals surface area contributed by atoms with Crippen molar-refractivity contribution >= 4 is 15.9 Å². The van der Waals surface area contributed by atoms with E-state index in [1.807, 2.05) is 6.92 Å². The molecular weight excluding hydrogens is 292 g/mol. The number of carbonyl (C=O) groups is 1. The maximum Gasteiger partial charge on any atom is 0.246 e. The van der Waals surface area contributed by atoms with Gasteiger partial charge >= 0.3 is 0 Å². The van der Waals surface area contributed by atoms with E-state index in [2.05, 4.69) is 10.2 Å². The number of hydrogen-bond acceptors (Lipinski definition) is 4. The second kappa shape index (κ2) is 7.04. The lowest BCUT2D eigenvalue weighted by atomic mass is 10.3. The number of H-pyrrole nitrogens is 1. The third-order valence-electron chi connectivity index (χ3n) is 3.36. The first-order valence-electron chi connectivity index (χ1n) is 6.93. The molecule has 0 aliphatic carbocycles. The number of aryl methyl sites for hydroxylation is 2. The van der Waals surface area contributed by atoms with Crippen molar-refractivity contribution in [3.05, 3.63) is 11.4 Å². The molecule has 0 saturated carbocycles. The number of amides is 1. The summed E-state index contributed by atoms with van der Waals surface area (Å²) in [6, 6.07) is 0. The highest BCUT2D eigenvalue weighted by Crippen LogP contribution is 2.20. The van der Waals surface area contributed by atoms with Crippen molar-refractivity contribution in [1.82, 2.24) is 19.4 Å². The molecule has 0 radical (unpaired) electrons. The van der Waals surface area contributed by atoms with Gasteiger partial charge in [0.1, 0.15) is 4.90 Å². The number of nitrogens with one attached hydrogen (secondary N) is 1. The van der Waals surface area contributed by atoms with Gasteiger partial charge in [0.15, 0.2) is 0 Å². The van der Waals surface area contributed by atoms with E-state index in [0.717, 1.165) is 17.1 Å². The van der Waals surface area contributed by atoms with Crippen LogP contribution in [0, 0.1) is 13.8 Å². The first-order valence-corrected chi connectivity index (χ1v) is 8.37. The summed E-state index contributed by atoms with van der Waals surface area (Å²) < 4.78 is 26.1. The second-order valence-electron chi connectivity index (χ2n) is 5.19. The van der Waals surface area contributed by atoms with Crippen LogP contribution in [-0.4, -0.2) is 60.9 Å². The summed E-state index contributed by atoms with van der Waals surface area (Å²) in [5, 5.41) is 6.54. The molecule has 0 spiro atoms. The largest absolute Gasteiger partial charge is 0.345 e. The topological polar surface area (TPSA) is 86.4 Å². The van der Waals surface area contributed by atoms with Crippen molar-refractivity contribution < 1.29 is 13.2 Å². The van der Waals surface area contributed by atoms with E-state index < -0.39 is 10.0 Å². The Labute approximate surface area is 126 Å².